The molecule has 6 heteroatoms. The minimum Gasteiger partial charge on any atom is -0.480 e. The maximum Gasteiger partial charge on any atom is 0.391 e. The molecule has 3 nitrogen and oxygen atoms in total. The van der Waals surface area contributed by atoms with Crippen molar-refractivity contribution in [2.45, 2.75) is 56.3 Å². The molecule has 0 saturated heterocycles. The fourth-order valence-corrected chi connectivity index (χ4v) is 2.56. The fraction of sp³-hybridized carbons (Fsp3) is 0.909. The maximum atomic E-state index is 12.7. The van der Waals surface area contributed by atoms with Crippen molar-refractivity contribution in [3.63, 3.8) is 0 Å². The molecule has 0 aromatic heterocycles. The van der Waals surface area contributed by atoms with E-state index >= 15 is 0 Å². The number of aliphatic carboxylic acids is 1. The first-order chi connectivity index (χ1) is 7.83. The second kappa shape index (κ2) is 4.15. The number of rotatable bonds is 3. The molecule has 2 rings (SSSR count). The number of hydrogen-bond acceptors (Lipinski definition) is 2. The Morgan fingerprint density at radius 1 is 1.29 bits per heavy atom. The van der Waals surface area contributed by atoms with E-state index in [0.29, 0.717) is 12.8 Å². The minimum atomic E-state index is -4.29. The van der Waals surface area contributed by atoms with Crippen LogP contribution in [-0.4, -0.2) is 28.8 Å². The molecule has 2 unspecified atom stereocenters. The Labute approximate surface area is 97.4 Å². The Morgan fingerprint density at radius 2 is 1.94 bits per heavy atom. The first kappa shape index (κ1) is 12.7. The van der Waals surface area contributed by atoms with Gasteiger partial charge in [-0.3, -0.25) is 10.1 Å². The molecule has 2 N–H and O–H groups in total. The smallest absolute Gasteiger partial charge is 0.391 e. The fourth-order valence-electron chi connectivity index (χ4n) is 2.56. The van der Waals surface area contributed by atoms with Crippen LogP contribution in [0.25, 0.3) is 0 Å². The first-order valence-electron chi connectivity index (χ1n) is 5.91. The lowest BCUT2D eigenvalue weighted by atomic mass is 9.75. The van der Waals surface area contributed by atoms with Crippen LogP contribution in [-0.2, 0) is 4.79 Å². The van der Waals surface area contributed by atoms with Gasteiger partial charge in [0.1, 0.15) is 5.54 Å². The molecular formula is C11H16F3NO2. The van der Waals surface area contributed by atoms with Crippen molar-refractivity contribution in [1.82, 2.24) is 5.32 Å². The molecule has 0 amide bonds. The molecule has 2 fully saturated rings. The average molecular weight is 251 g/mol. The van der Waals surface area contributed by atoms with Gasteiger partial charge in [-0.05, 0) is 32.1 Å². The Hall–Kier alpha value is -0.780. The molecular weight excluding hydrogens is 235 g/mol. The van der Waals surface area contributed by atoms with Gasteiger partial charge in [-0.15, -0.1) is 0 Å². The summed E-state index contributed by atoms with van der Waals surface area (Å²) >= 11 is 0. The highest BCUT2D eigenvalue weighted by atomic mass is 19.4. The van der Waals surface area contributed by atoms with Crippen LogP contribution in [0.1, 0.15) is 38.5 Å². The van der Waals surface area contributed by atoms with Crippen LogP contribution < -0.4 is 5.32 Å². The summed E-state index contributed by atoms with van der Waals surface area (Å²) in [5, 5.41) is 12.1. The summed E-state index contributed by atoms with van der Waals surface area (Å²) in [7, 11) is 0. The van der Waals surface area contributed by atoms with Gasteiger partial charge in [0, 0.05) is 6.04 Å². The second-order valence-electron chi connectivity index (χ2n) is 5.14. The highest BCUT2D eigenvalue weighted by Crippen LogP contribution is 2.43. The van der Waals surface area contributed by atoms with Gasteiger partial charge >= 0.3 is 12.1 Å². The number of carbonyl (C=O) groups is 1. The van der Waals surface area contributed by atoms with E-state index < -0.39 is 23.6 Å². The Bertz CT molecular complexity index is 314. The van der Waals surface area contributed by atoms with Crippen molar-refractivity contribution >= 4 is 5.97 Å². The standard InChI is InChI=1S/C11H16F3NO2/c12-11(13,14)7-2-1-5-10(6-7,9(16)17)15-8-3-4-8/h7-8,15H,1-6H2,(H,16,17). The van der Waals surface area contributed by atoms with E-state index in [1.165, 1.54) is 0 Å². The molecule has 0 aliphatic heterocycles. The summed E-state index contributed by atoms with van der Waals surface area (Å²) in [6, 6.07) is 0.0954. The third-order valence-electron chi connectivity index (χ3n) is 3.68. The van der Waals surface area contributed by atoms with Crippen molar-refractivity contribution in [2.75, 3.05) is 0 Å². The van der Waals surface area contributed by atoms with Crippen molar-refractivity contribution in [1.29, 1.82) is 0 Å². The van der Waals surface area contributed by atoms with E-state index in [2.05, 4.69) is 5.32 Å². The van der Waals surface area contributed by atoms with Crippen molar-refractivity contribution in [3.05, 3.63) is 0 Å². The van der Waals surface area contributed by atoms with E-state index in [1.807, 2.05) is 0 Å². The molecule has 2 aliphatic rings. The molecule has 0 heterocycles. The summed E-state index contributed by atoms with van der Waals surface area (Å²) in [5.74, 6) is -2.63. The Balaban J connectivity index is 2.12. The van der Waals surface area contributed by atoms with Crippen LogP contribution in [0.2, 0.25) is 0 Å². The van der Waals surface area contributed by atoms with E-state index in [4.69, 9.17) is 0 Å². The summed E-state index contributed by atoms with van der Waals surface area (Å²) in [6.07, 6.45) is -2.22. The average Bonchev–Trinajstić information content (AvgIpc) is 3.00. The van der Waals surface area contributed by atoms with Gasteiger partial charge in [0.25, 0.3) is 0 Å². The van der Waals surface area contributed by atoms with Crippen LogP contribution in [0.4, 0.5) is 13.2 Å². The van der Waals surface area contributed by atoms with E-state index in [1.54, 1.807) is 0 Å². The predicted molar refractivity (Wildman–Crippen MR) is 54.5 cm³/mol. The van der Waals surface area contributed by atoms with Crippen molar-refractivity contribution in [2.24, 2.45) is 5.92 Å². The molecule has 2 aliphatic carbocycles. The number of alkyl halides is 3. The van der Waals surface area contributed by atoms with Gasteiger partial charge in [0.15, 0.2) is 0 Å². The number of carboxylic acid groups (broad SMARTS) is 1. The maximum absolute atomic E-state index is 12.7. The largest absolute Gasteiger partial charge is 0.480 e. The number of nitrogens with one attached hydrogen (secondary N) is 1. The van der Waals surface area contributed by atoms with Gasteiger partial charge in [0.05, 0.1) is 5.92 Å². The quantitative estimate of drug-likeness (QED) is 0.809. The SMILES string of the molecule is O=C(O)C1(NC2CC2)CCCC(C(F)(F)F)C1. The molecule has 0 spiro atoms. The lowest BCUT2D eigenvalue weighted by Crippen LogP contribution is -2.57. The van der Waals surface area contributed by atoms with E-state index in [9.17, 15) is 23.1 Å². The number of hydrogen-bond donors (Lipinski definition) is 2. The lowest BCUT2D eigenvalue weighted by molar-refractivity contribution is -0.191. The van der Waals surface area contributed by atoms with Gasteiger partial charge < -0.3 is 5.11 Å². The zero-order valence-corrected chi connectivity index (χ0v) is 9.39. The third-order valence-corrected chi connectivity index (χ3v) is 3.68. The Kier molecular flexibility index (Phi) is 3.10. The van der Waals surface area contributed by atoms with Gasteiger partial charge in [-0.25, -0.2) is 0 Å². The normalized spacial score (nSPS) is 34.6. The number of carboxylic acids is 1. The zero-order chi connectivity index (χ0) is 12.7. The van der Waals surface area contributed by atoms with Gasteiger partial charge in [0.2, 0.25) is 0 Å². The first-order valence-corrected chi connectivity index (χ1v) is 5.91. The Morgan fingerprint density at radius 3 is 2.41 bits per heavy atom. The topological polar surface area (TPSA) is 49.3 Å². The van der Waals surface area contributed by atoms with Crippen LogP contribution in [0, 0.1) is 5.92 Å². The molecule has 2 atom stereocenters. The second-order valence-corrected chi connectivity index (χ2v) is 5.14. The highest BCUT2D eigenvalue weighted by molar-refractivity contribution is 5.79. The predicted octanol–water partition coefficient (Wildman–Crippen LogP) is 2.31. The minimum absolute atomic E-state index is 0.0465. The van der Waals surface area contributed by atoms with Crippen LogP contribution in [0.5, 0.6) is 0 Å². The van der Waals surface area contributed by atoms with Gasteiger partial charge in [-0.2, -0.15) is 13.2 Å². The monoisotopic (exact) mass is 251 g/mol. The summed E-state index contributed by atoms with van der Waals surface area (Å²) < 4.78 is 38.0. The summed E-state index contributed by atoms with van der Waals surface area (Å²) in [4.78, 5) is 11.3. The van der Waals surface area contributed by atoms with Crippen LogP contribution in [0.15, 0.2) is 0 Å². The van der Waals surface area contributed by atoms with Crippen LogP contribution >= 0.6 is 0 Å². The summed E-state index contributed by atoms with van der Waals surface area (Å²) in [6.45, 7) is 0. The molecule has 0 aromatic rings. The highest BCUT2D eigenvalue weighted by Gasteiger charge is 2.52. The molecule has 98 valence electrons. The molecule has 2 saturated carbocycles. The van der Waals surface area contributed by atoms with Crippen LogP contribution in [0.3, 0.4) is 0 Å². The molecule has 0 aromatic carbocycles. The number of halogens is 3. The third kappa shape index (κ3) is 2.73. The molecule has 0 radical (unpaired) electrons. The summed E-state index contributed by atoms with van der Waals surface area (Å²) in [5.41, 5.74) is -1.36. The molecule has 17 heavy (non-hydrogen) atoms. The van der Waals surface area contributed by atoms with Crippen molar-refractivity contribution in [3.8, 4) is 0 Å². The van der Waals surface area contributed by atoms with Gasteiger partial charge in [-0.1, -0.05) is 6.42 Å². The van der Waals surface area contributed by atoms with E-state index in [-0.39, 0.29) is 18.9 Å². The lowest BCUT2D eigenvalue weighted by Gasteiger charge is -2.39. The van der Waals surface area contributed by atoms with Crippen molar-refractivity contribution < 1.29 is 23.1 Å². The zero-order valence-electron chi connectivity index (χ0n) is 9.39. The molecule has 0 bridgehead atoms. The van der Waals surface area contributed by atoms with E-state index in [0.717, 1.165) is 12.8 Å².